The average Bonchev–Trinajstić information content (AvgIpc) is 3.21. The first-order valence-electron chi connectivity index (χ1n) is 9.40. The van der Waals surface area contributed by atoms with Gasteiger partial charge in [-0.2, -0.15) is 5.26 Å². The van der Waals surface area contributed by atoms with Crippen molar-refractivity contribution < 1.29 is 14.3 Å². The first-order valence-corrected chi connectivity index (χ1v) is 11.2. The van der Waals surface area contributed by atoms with Crippen LogP contribution >= 0.6 is 23.1 Å². The van der Waals surface area contributed by atoms with Crippen molar-refractivity contribution in [2.75, 3.05) is 19.5 Å². The van der Waals surface area contributed by atoms with Crippen LogP contribution in [-0.2, 0) is 4.79 Å². The molecule has 0 saturated carbocycles. The van der Waals surface area contributed by atoms with Gasteiger partial charge in [0.05, 0.1) is 30.7 Å². The number of aromatic nitrogens is 2. The summed E-state index contributed by atoms with van der Waals surface area (Å²) in [5, 5.41) is 14.8. The number of rotatable bonds is 7. The summed E-state index contributed by atoms with van der Waals surface area (Å²) >= 11 is 2.60. The molecule has 1 N–H and O–H groups in total. The fourth-order valence-corrected chi connectivity index (χ4v) is 4.66. The van der Waals surface area contributed by atoms with Crippen molar-refractivity contribution in [1.29, 1.82) is 5.26 Å². The number of anilines is 1. The molecule has 1 unspecified atom stereocenters. The smallest absolute Gasteiger partial charge is 0.239 e. The number of thioether (sulfide) groups is 1. The molecular formula is C22H22N4O3S2. The zero-order valence-corrected chi connectivity index (χ0v) is 19.5. The number of nitrogens with one attached hydrogen (secondary N) is 1. The van der Waals surface area contributed by atoms with Crippen LogP contribution < -0.4 is 14.8 Å². The lowest BCUT2D eigenvalue weighted by atomic mass is 10.1. The van der Waals surface area contributed by atoms with Crippen molar-refractivity contribution in [3.8, 4) is 28.8 Å². The Labute approximate surface area is 189 Å². The number of hydrogen-bond acceptors (Lipinski definition) is 8. The van der Waals surface area contributed by atoms with Crippen LogP contribution in [0.5, 0.6) is 11.5 Å². The van der Waals surface area contributed by atoms with Gasteiger partial charge in [0.25, 0.3) is 0 Å². The van der Waals surface area contributed by atoms with Crippen molar-refractivity contribution >= 4 is 34.1 Å². The van der Waals surface area contributed by atoms with Crippen LogP contribution in [-0.4, -0.2) is 35.3 Å². The van der Waals surface area contributed by atoms with Crippen LogP contribution in [0.1, 0.15) is 23.7 Å². The molecule has 3 aromatic rings. The fourth-order valence-electron chi connectivity index (χ4n) is 2.91. The van der Waals surface area contributed by atoms with E-state index in [4.69, 9.17) is 9.47 Å². The zero-order valence-electron chi connectivity index (χ0n) is 17.8. The average molecular weight is 455 g/mol. The Morgan fingerprint density at radius 2 is 1.94 bits per heavy atom. The van der Waals surface area contributed by atoms with E-state index in [1.165, 1.54) is 23.1 Å². The van der Waals surface area contributed by atoms with Gasteiger partial charge in [-0.1, -0.05) is 11.8 Å². The van der Waals surface area contributed by atoms with E-state index < -0.39 is 5.25 Å². The molecule has 1 amide bonds. The summed E-state index contributed by atoms with van der Waals surface area (Å²) in [7, 11) is 3.16. The molecule has 0 radical (unpaired) electrons. The highest BCUT2D eigenvalue weighted by atomic mass is 32.2. The molecule has 9 heteroatoms. The van der Waals surface area contributed by atoms with E-state index >= 15 is 0 Å². The van der Waals surface area contributed by atoms with Crippen LogP contribution in [0.4, 0.5) is 5.13 Å². The summed E-state index contributed by atoms with van der Waals surface area (Å²) in [4.78, 5) is 21.7. The Hall–Kier alpha value is -3.09. The molecule has 0 saturated heterocycles. The molecule has 0 spiro atoms. The third-order valence-electron chi connectivity index (χ3n) is 4.49. The van der Waals surface area contributed by atoms with Gasteiger partial charge in [-0.05, 0) is 50.6 Å². The van der Waals surface area contributed by atoms with Crippen molar-refractivity contribution in [1.82, 2.24) is 9.97 Å². The molecule has 1 atom stereocenters. The van der Waals surface area contributed by atoms with Crippen LogP contribution in [0, 0.1) is 25.2 Å². The Balaban J connectivity index is 1.72. The number of pyridine rings is 1. The number of amides is 1. The number of nitriles is 1. The minimum absolute atomic E-state index is 0.205. The van der Waals surface area contributed by atoms with Crippen LogP contribution in [0.25, 0.3) is 11.3 Å². The first kappa shape index (κ1) is 22.6. The van der Waals surface area contributed by atoms with Gasteiger partial charge in [0, 0.05) is 16.6 Å². The largest absolute Gasteiger partial charge is 0.493 e. The van der Waals surface area contributed by atoms with Crippen molar-refractivity contribution in [2.24, 2.45) is 0 Å². The molecule has 7 nitrogen and oxygen atoms in total. The summed E-state index contributed by atoms with van der Waals surface area (Å²) in [6.07, 6.45) is 0. The number of nitrogens with zero attached hydrogens (tertiary/aromatic N) is 3. The summed E-state index contributed by atoms with van der Waals surface area (Å²) in [5.74, 6) is 1.04. The second-order valence-corrected chi connectivity index (χ2v) is 8.92. The molecule has 2 aromatic heterocycles. The van der Waals surface area contributed by atoms with Gasteiger partial charge in [0.2, 0.25) is 5.91 Å². The number of benzene rings is 1. The third-order valence-corrected chi connectivity index (χ3v) is 6.34. The molecular weight excluding hydrogens is 432 g/mol. The lowest BCUT2D eigenvalue weighted by molar-refractivity contribution is -0.115. The lowest BCUT2D eigenvalue weighted by Gasteiger charge is -2.12. The van der Waals surface area contributed by atoms with E-state index in [0.29, 0.717) is 27.2 Å². The van der Waals surface area contributed by atoms with Crippen molar-refractivity contribution in [2.45, 2.75) is 31.0 Å². The SMILES string of the molecule is COc1ccc(-c2csc(NC(=O)C(C)Sc3nc(C)cc(C)c3C#N)n2)cc1OC. The number of ether oxygens (including phenoxy) is 2. The lowest BCUT2D eigenvalue weighted by Crippen LogP contribution is -2.22. The standard InChI is InChI=1S/C22H22N4O3S2/c1-12-8-13(2)24-21(16(12)10-23)31-14(3)20(27)26-22-25-17(11-30-22)15-6-7-18(28-4)19(9-15)29-5/h6-9,11,14H,1-5H3,(H,25,26,27). The van der Waals surface area contributed by atoms with Gasteiger partial charge in [0.15, 0.2) is 16.6 Å². The maximum absolute atomic E-state index is 12.7. The van der Waals surface area contributed by atoms with Gasteiger partial charge in [0.1, 0.15) is 11.1 Å². The molecule has 0 aliphatic carbocycles. The number of hydrogen-bond donors (Lipinski definition) is 1. The Bertz CT molecular complexity index is 1150. The molecule has 0 bridgehead atoms. The van der Waals surface area contributed by atoms with E-state index in [0.717, 1.165) is 22.5 Å². The summed E-state index contributed by atoms with van der Waals surface area (Å²) in [6.45, 7) is 5.52. The van der Waals surface area contributed by atoms with Gasteiger partial charge in [-0.3, -0.25) is 4.79 Å². The van der Waals surface area contributed by atoms with Crippen LogP contribution in [0.15, 0.2) is 34.7 Å². The second kappa shape index (κ2) is 9.81. The van der Waals surface area contributed by atoms with E-state index in [-0.39, 0.29) is 5.91 Å². The maximum Gasteiger partial charge on any atom is 0.239 e. The number of aryl methyl sites for hydroxylation is 2. The molecule has 0 aliphatic rings. The minimum atomic E-state index is -0.450. The quantitative estimate of drug-likeness (QED) is 0.511. The zero-order chi connectivity index (χ0) is 22.5. The Morgan fingerprint density at radius 1 is 1.19 bits per heavy atom. The Kier molecular flexibility index (Phi) is 7.15. The van der Waals surface area contributed by atoms with E-state index in [1.54, 1.807) is 21.1 Å². The van der Waals surface area contributed by atoms with Crippen molar-refractivity contribution in [3.05, 3.63) is 46.5 Å². The van der Waals surface area contributed by atoms with E-state index in [9.17, 15) is 10.1 Å². The molecule has 0 fully saturated rings. The maximum atomic E-state index is 12.7. The molecule has 31 heavy (non-hydrogen) atoms. The Morgan fingerprint density at radius 3 is 2.61 bits per heavy atom. The first-order chi connectivity index (χ1) is 14.9. The van der Waals surface area contributed by atoms with Crippen LogP contribution in [0.3, 0.4) is 0 Å². The monoisotopic (exact) mass is 454 g/mol. The van der Waals surface area contributed by atoms with Gasteiger partial charge in [-0.25, -0.2) is 9.97 Å². The highest BCUT2D eigenvalue weighted by Gasteiger charge is 2.20. The van der Waals surface area contributed by atoms with Gasteiger partial charge in [-0.15, -0.1) is 11.3 Å². The van der Waals surface area contributed by atoms with Crippen LogP contribution in [0.2, 0.25) is 0 Å². The van der Waals surface area contributed by atoms with E-state index in [2.05, 4.69) is 21.4 Å². The minimum Gasteiger partial charge on any atom is -0.493 e. The highest BCUT2D eigenvalue weighted by molar-refractivity contribution is 8.00. The number of methoxy groups -OCH3 is 2. The third kappa shape index (κ3) is 5.16. The predicted octanol–water partition coefficient (Wildman–Crippen LogP) is 4.83. The highest BCUT2D eigenvalue weighted by Crippen LogP contribution is 2.34. The normalized spacial score (nSPS) is 11.5. The number of thiazole rings is 1. The topological polar surface area (TPSA) is 97.1 Å². The summed E-state index contributed by atoms with van der Waals surface area (Å²) in [5.41, 5.74) is 3.75. The molecule has 1 aromatic carbocycles. The molecule has 0 aliphatic heterocycles. The van der Waals surface area contributed by atoms with Crippen molar-refractivity contribution in [3.63, 3.8) is 0 Å². The van der Waals surface area contributed by atoms with Gasteiger partial charge >= 0.3 is 0 Å². The molecule has 2 heterocycles. The molecule has 3 rings (SSSR count). The number of carbonyl (C=O) groups excluding carboxylic acids is 1. The summed E-state index contributed by atoms with van der Waals surface area (Å²) < 4.78 is 10.6. The van der Waals surface area contributed by atoms with Gasteiger partial charge < -0.3 is 14.8 Å². The second-order valence-electron chi connectivity index (χ2n) is 6.73. The van der Waals surface area contributed by atoms with E-state index in [1.807, 2.05) is 43.5 Å². The molecule has 160 valence electrons. The predicted molar refractivity (Wildman–Crippen MR) is 123 cm³/mol. The fraction of sp³-hybridized carbons (Fsp3) is 0.273. The summed E-state index contributed by atoms with van der Waals surface area (Å²) in [6, 6.07) is 9.58. The number of carbonyl (C=O) groups is 1.